The highest BCUT2D eigenvalue weighted by atomic mass is 35.5. The molecule has 1 aromatic heterocycles. The SMILES string of the molecule is O=C1CCc2cc(Cl)ccc2CN1Cc1cn(C(c2ccccc2)(c2ccccc2)c2ccccc2)cn1. The lowest BCUT2D eigenvalue weighted by Crippen LogP contribution is -2.37. The van der Waals surface area contributed by atoms with Crippen LogP contribution in [0.1, 0.15) is 39.9 Å². The van der Waals surface area contributed by atoms with Gasteiger partial charge in [0.25, 0.3) is 0 Å². The highest BCUT2D eigenvalue weighted by Gasteiger charge is 2.38. The van der Waals surface area contributed by atoms with E-state index in [-0.39, 0.29) is 5.91 Å². The van der Waals surface area contributed by atoms with Crippen LogP contribution in [0.5, 0.6) is 0 Å². The molecule has 4 aromatic carbocycles. The van der Waals surface area contributed by atoms with Crippen LogP contribution in [0.15, 0.2) is 122 Å². The Kier molecular flexibility index (Phi) is 6.57. The number of rotatable bonds is 6. The van der Waals surface area contributed by atoms with E-state index in [4.69, 9.17) is 16.6 Å². The van der Waals surface area contributed by atoms with Crippen molar-refractivity contribution in [3.05, 3.63) is 160 Å². The summed E-state index contributed by atoms with van der Waals surface area (Å²) < 4.78 is 2.19. The van der Waals surface area contributed by atoms with Crippen molar-refractivity contribution in [1.82, 2.24) is 14.5 Å². The summed E-state index contributed by atoms with van der Waals surface area (Å²) in [6, 6.07) is 37.5. The number of carbonyl (C=O) groups is 1. The topological polar surface area (TPSA) is 38.1 Å². The molecule has 0 radical (unpaired) electrons. The number of fused-ring (bicyclic) bond motifs is 1. The average Bonchev–Trinajstić information content (AvgIpc) is 3.37. The number of nitrogens with zero attached hydrogens (tertiary/aromatic N) is 3. The van der Waals surface area contributed by atoms with Crippen LogP contribution in [0.3, 0.4) is 0 Å². The summed E-state index contributed by atoms with van der Waals surface area (Å²) in [6.45, 7) is 1.00. The maximum Gasteiger partial charge on any atom is 0.223 e. The van der Waals surface area contributed by atoms with E-state index in [1.54, 1.807) is 0 Å². The van der Waals surface area contributed by atoms with Gasteiger partial charge in [0.15, 0.2) is 0 Å². The second-order valence-corrected chi connectivity index (χ2v) is 10.2. The molecule has 0 aliphatic carbocycles. The van der Waals surface area contributed by atoms with Gasteiger partial charge in [-0.05, 0) is 46.4 Å². The van der Waals surface area contributed by atoms with Crippen LogP contribution in [0.2, 0.25) is 5.02 Å². The number of benzene rings is 4. The van der Waals surface area contributed by atoms with Crippen LogP contribution in [-0.4, -0.2) is 20.4 Å². The Morgan fingerprint density at radius 1 is 0.737 bits per heavy atom. The maximum atomic E-state index is 13.1. The molecule has 0 fully saturated rings. The van der Waals surface area contributed by atoms with Crippen molar-refractivity contribution < 1.29 is 4.79 Å². The second-order valence-electron chi connectivity index (χ2n) is 9.74. The van der Waals surface area contributed by atoms with E-state index in [0.717, 1.165) is 33.5 Å². The lowest BCUT2D eigenvalue weighted by Gasteiger charge is -2.37. The molecule has 38 heavy (non-hydrogen) atoms. The molecule has 6 rings (SSSR count). The van der Waals surface area contributed by atoms with Crippen molar-refractivity contribution in [3.63, 3.8) is 0 Å². The third-order valence-electron chi connectivity index (χ3n) is 7.44. The maximum absolute atomic E-state index is 13.1. The van der Waals surface area contributed by atoms with E-state index in [0.29, 0.717) is 31.0 Å². The molecule has 5 heteroatoms. The predicted molar refractivity (Wildman–Crippen MR) is 151 cm³/mol. The van der Waals surface area contributed by atoms with Gasteiger partial charge >= 0.3 is 0 Å². The first kappa shape index (κ1) is 24.2. The molecule has 1 aliphatic heterocycles. The Morgan fingerprint density at radius 2 is 1.32 bits per heavy atom. The predicted octanol–water partition coefficient (Wildman–Crippen LogP) is 6.85. The smallest absolute Gasteiger partial charge is 0.223 e. The molecule has 0 unspecified atom stereocenters. The van der Waals surface area contributed by atoms with Crippen LogP contribution in [0.25, 0.3) is 0 Å². The number of hydrogen-bond donors (Lipinski definition) is 0. The van der Waals surface area contributed by atoms with Gasteiger partial charge in [-0.25, -0.2) is 4.98 Å². The summed E-state index contributed by atoms with van der Waals surface area (Å²) in [6.07, 6.45) is 5.17. The lowest BCUT2D eigenvalue weighted by molar-refractivity contribution is -0.132. The van der Waals surface area contributed by atoms with E-state index in [9.17, 15) is 4.79 Å². The summed E-state index contributed by atoms with van der Waals surface area (Å²) in [4.78, 5) is 19.8. The lowest BCUT2D eigenvalue weighted by atomic mass is 9.77. The first-order valence-electron chi connectivity index (χ1n) is 12.9. The van der Waals surface area contributed by atoms with Crippen molar-refractivity contribution in [2.24, 2.45) is 0 Å². The minimum Gasteiger partial charge on any atom is -0.332 e. The molecule has 0 spiro atoms. The molecule has 0 saturated carbocycles. The molecular weight excluding hydrogens is 490 g/mol. The Labute approximate surface area is 228 Å². The molecule has 188 valence electrons. The van der Waals surface area contributed by atoms with Gasteiger partial charge in [-0.1, -0.05) is 109 Å². The summed E-state index contributed by atoms with van der Waals surface area (Å²) in [5.41, 5.74) is 5.93. The van der Waals surface area contributed by atoms with Crippen LogP contribution in [-0.2, 0) is 29.8 Å². The fraction of sp³-hybridized carbons (Fsp3) is 0.152. The Balaban J connectivity index is 1.43. The molecule has 2 heterocycles. The van der Waals surface area contributed by atoms with Gasteiger partial charge in [0.05, 0.1) is 18.6 Å². The molecule has 0 atom stereocenters. The van der Waals surface area contributed by atoms with Crippen LogP contribution in [0, 0.1) is 0 Å². The highest BCUT2D eigenvalue weighted by Crippen LogP contribution is 2.40. The van der Waals surface area contributed by atoms with Gasteiger partial charge in [-0.2, -0.15) is 0 Å². The second kappa shape index (κ2) is 10.3. The van der Waals surface area contributed by atoms with Gasteiger partial charge in [0, 0.05) is 24.2 Å². The first-order valence-corrected chi connectivity index (χ1v) is 13.3. The monoisotopic (exact) mass is 517 g/mol. The van der Waals surface area contributed by atoms with Crippen molar-refractivity contribution in [2.75, 3.05) is 0 Å². The number of aryl methyl sites for hydroxylation is 1. The molecular formula is C33H28ClN3O. The number of carbonyl (C=O) groups excluding carboxylic acids is 1. The Hall–Kier alpha value is -4.15. The highest BCUT2D eigenvalue weighted by molar-refractivity contribution is 6.30. The van der Waals surface area contributed by atoms with Crippen LogP contribution < -0.4 is 0 Å². The average molecular weight is 518 g/mol. The standard InChI is InChI=1S/C33H28ClN3O/c34-30-18-16-26-21-36(32(38)19-17-25(26)20-30)22-31-23-37(24-35-31)33(27-10-4-1-5-11-27,28-12-6-2-7-13-28)29-14-8-3-9-15-29/h1-16,18,20,23-24H,17,19,21-22H2. The van der Waals surface area contributed by atoms with E-state index in [2.05, 4.69) is 83.6 Å². The number of aromatic nitrogens is 2. The largest absolute Gasteiger partial charge is 0.332 e. The van der Waals surface area contributed by atoms with E-state index >= 15 is 0 Å². The minimum atomic E-state index is -0.624. The molecule has 4 nitrogen and oxygen atoms in total. The molecule has 5 aromatic rings. The van der Waals surface area contributed by atoms with Crippen molar-refractivity contribution >= 4 is 17.5 Å². The number of hydrogen-bond acceptors (Lipinski definition) is 2. The third-order valence-corrected chi connectivity index (χ3v) is 7.68. The summed E-state index contributed by atoms with van der Waals surface area (Å²) in [5.74, 6) is 0.132. The normalized spacial score (nSPS) is 13.7. The van der Waals surface area contributed by atoms with E-state index in [1.807, 2.05) is 47.6 Å². The Bertz CT molecular complexity index is 1450. The molecule has 0 N–H and O–H groups in total. The van der Waals surface area contributed by atoms with Gasteiger partial charge in [0.1, 0.15) is 5.54 Å². The molecule has 1 amide bonds. The zero-order chi connectivity index (χ0) is 26.0. The summed E-state index contributed by atoms with van der Waals surface area (Å²) in [7, 11) is 0. The van der Waals surface area contributed by atoms with Crippen molar-refractivity contribution in [2.45, 2.75) is 31.5 Å². The van der Waals surface area contributed by atoms with Gasteiger partial charge < -0.3 is 9.47 Å². The fourth-order valence-electron chi connectivity index (χ4n) is 5.63. The quantitative estimate of drug-likeness (QED) is 0.231. The summed E-state index contributed by atoms with van der Waals surface area (Å²) in [5, 5.41) is 0.711. The number of halogens is 1. The minimum absolute atomic E-state index is 0.132. The zero-order valence-electron chi connectivity index (χ0n) is 21.0. The van der Waals surface area contributed by atoms with E-state index in [1.165, 1.54) is 0 Å². The number of amides is 1. The number of imidazole rings is 1. The summed E-state index contributed by atoms with van der Waals surface area (Å²) >= 11 is 6.22. The third kappa shape index (κ3) is 4.42. The van der Waals surface area contributed by atoms with Crippen molar-refractivity contribution in [1.29, 1.82) is 0 Å². The van der Waals surface area contributed by atoms with Crippen LogP contribution >= 0.6 is 11.6 Å². The molecule has 1 aliphatic rings. The van der Waals surface area contributed by atoms with Gasteiger partial charge in [-0.3, -0.25) is 4.79 Å². The first-order chi connectivity index (χ1) is 18.6. The van der Waals surface area contributed by atoms with Crippen LogP contribution in [0.4, 0.5) is 0 Å². The molecule has 0 bridgehead atoms. The van der Waals surface area contributed by atoms with Crippen molar-refractivity contribution in [3.8, 4) is 0 Å². The fourth-order valence-corrected chi connectivity index (χ4v) is 5.82. The van der Waals surface area contributed by atoms with Gasteiger partial charge in [0.2, 0.25) is 5.91 Å². The molecule has 0 saturated heterocycles. The van der Waals surface area contributed by atoms with Gasteiger partial charge in [-0.15, -0.1) is 0 Å². The zero-order valence-corrected chi connectivity index (χ0v) is 21.8. The van der Waals surface area contributed by atoms with E-state index < -0.39 is 5.54 Å². The Morgan fingerprint density at radius 3 is 1.89 bits per heavy atom.